The second kappa shape index (κ2) is 4.22. The number of rotatable bonds is 2. The Bertz CT molecular complexity index is 644. The Kier molecular flexibility index (Phi) is 2.57. The fourth-order valence-electron chi connectivity index (χ4n) is 1.98. The van der Waals surface area contributed by atoms with Gasteiger partial charge in [0, 0.05) is 35.7 Å². The number of benzene rings is 1. The Labute approximate surface area is 104 Å². The summed E-state index contributed by atoms with van der Waals surface area (Å²) in [5.74, 6) is 0. The van der Waals surface area contributed by atoms with E-state index in [0.717, 1.165) is 17.1 Å². The molecule has 0 amide bonds. The van der Waals surface area contributed by atoms with Crippen molar-refractivity contribution in [3.8, 4) is 0 Å². The van der Waals surface area contributed by atoms with Gasteiger partial charge < -0.3 is 4.57 Å². The minimum atomic E-state index is 0.767. The van der Waals surface area contributed by atoms with E-state index in [1.807, 2.05) is 30.5 Å². The average Bonchev–Trinajstić information content (AvgIpc) is 2.73. The molecule has 2 aromatic heterocycles. The lowest BCUT2D eigenvalue weighted by Crippen LogP contribution is -1.97. The second-order valence-corrected chi connectivity index (χ2v) is 4.44. The van der Waals surface area contributed by atoms with Gasteiger partial charge in [-0.25, -0.2) is 0 Å². The Hall–Kier alpha value is -1.80. The molecule has 3 heteroatoms. The predicted molar refractivity (Wildman–Crippen MR) is 70.3 cm³/mol. The fourth-order valence-corrected chi connectivity index (χ4v) is 2.15. The van der Waals surface area contributed by atoms with Crippen LogP contribution >= 0.6 is 11.6 Å². The van der Waals surface area contributed by atoms with Crippen LogP contribution in [0.1, 0.15) is 5.56 Å². The molecule has 0 aliphatic heterocycles. The molecule has 84 valence electrons. The molecule has 0 radical (unpaired) electrons. The summed E-state index contributed by atoms with van der Waals surface area (Å²) in [4.78, 5) is 4.12. The van der Waals surface area contributed by atoms with E-state index in [1.165, 1.54) is 10.9 Å². The molecule has 1 aromatic carbocycles. The summed E-state index contributed by atoms with van der Waals surface area (Å²) in [7, 11) is 0. The topological polar surface area (TPSA) is 17.8 Å². The fraction of sp³-hybridized carbons (Fsp3) is 0.0714. The Morgan fingerprint density at radius 2 is 2.12 bits per heavy atom. The molecular weight excluding hydrogens is 232 g/mol. The van der Waals surface area contributed by atoms with E-state index in [2.05, 4.69) is 27.9 Å². The van der Waals surface area contributed by atoms with Crippen LogP contribution in [0.15, 0.2) is 55.0 Å². The van der Waals surface area contributed by atoms with Gasteiger partial charge in [0.15, 0.2) is 0 Å². The van der Waals surface area contributed by atoms with Gasteiger partial charge >= 0.3 is 0 Å². The number of hydrogen-bond acceptors (Lipinski definition) is 1. The molecule has 17 heavy (non-hydrogen) atoms. The van der Waals surface area contributed by atoms with Crippen LogP contribution in [0.25, 0.3) is 10.9 Å². The highest BCUT2D eigenvalue weighted by atomic mass is 35.5. The highest BCUT2D eigenvalue weighted by Gasteiger charge is 2.02. The van der Waals surface area contributed by atoms with Gasteiger partial charge in [-0.1, -0.05) is 23.7 Å². The molecule has 0 fully saturated rings. The molecule has 3 aromatic rings. The van der Waals surface area contributed by atoms with Gasteiger partial charge in [0.05, 0.1) is 0 Å². The zero-order chi connectivity index (χ0) is 11.7. The smallest absolute Gasteiger partial charge is 0.0498 e. The summed E-state index contributed by atoms with van der Waals surface area (Å²) >= 11 is 6.02. The summed E-state index contributed by atoms with van der Waals surface area (Å²) < 4.78 is 2.18. The summed E-state index contributed by atoms with van der Waals surface area (Å²) in [6.45, 7) is 0.817. The van der Waals surface area contributed by atoms with Crippen LogP contribution in [0.4, 0.5) is 0 Å². The first-order chi connectivity index (χ1) is 8.33. The van der Waals surface area contributed by atoms with E-state index < -0.39 is 0 Å². The molecule has 3 rings (SSSR count). The molecule has 0 saturated carbocycles. The number of fused-ring (bicyclic) bond motifs is 1. The SMILES string of the molecule is Clc1ccc2ccn(Cc3cccnc3)c2c1. The molecular formula is C14H11ClN2. The molecule has 2 nitrogen and oxygen atoms in total. The van der Waals surface area contributed by atoms with Crippen molar-refractivity contribution in [2.24, 2.45) is 0 Å². The molecule has 0 aliphatic rings. The molecule has 0 bridgehead atoms. The van der Waals surface area contributed by atoms with Crippen molar-refractivity contribution in [1.29, 1.82) is 0 Å². The maximum absolute atomic E-state index is 6.02. The standard InChI is InChI=1S/C14H11ClN2/c15-13-4-3-12-5-7-17(14(12)8-13)10-11-2-1-6-16-9-11/h1-9H,10H2. The number of nitrogens with zero attached hydrogens (tertiary/aromatic N) is 2. The van der Waals surface area contributed by atoms with Gasteiger partial charge in [-0.05, 0) is 35.2 Å². The monoisotopic (exact) mass is 242 g/mol. The maximum atomic E-state index is 6.02. The van der Waals surface area contributed by atoms with Gasteiger partial charge in [0.2, 0.25) is 0 Å². The predicted octanol–water partition coefficient (Wildman–Crippen LogP) is 3.74. The molecule has 2 heterocycles. The van der Waals surface area contributed by atoms with Gasteiger partial charge in [-0.3, -0.25) is 4.98 Å². The lowest BCUT2D eigenvalue weighted by Gasteiger charge is -2.05. The second-order valence-electron chi connectivity index (χ2n) is 4.01. The summed E-state index contributed by atoms with van der Waals surface area (Å²) in [6, 6.07) is 12.1. The molecule has 0 atom stereocenters. The largest absolute Gasteiger partial charge is 0.343 e. The third kappa shape index (κ3) is 2.04. The minimum absolute atomic E-state index is 0.767. The van der Waals surface area contributed by atoms with Gasteiger partial charge in [-0.15, -0.1) is 0 Å². The number of hydrogen-bond donors (Lipinski definition) is 0. The van der Waals surface area contributed by atoms with E-state index in [1.54, 1.807) is 6.20 Å². The van der Waals surface area contributed by atoms with Crippen LogP contribution < -0.4 is 0 Å². The Balaban J connectivity index is 2.03. The first-order valence-electron chi connectivity index (χ1n) is 5.46. The van der Waals surface area contributed by atoms with Crippen LogP contribution in [0.2, 0.25) is 5.02 Å². The average molecular weight is 243 g/mol. The van der Waals surface area contributed by atoms with E-state index in [9.17, 15) is 0 Å². The van der Waals surface area contributed by atoms with Crippen LogP contribution in [0, 0.1) is 0 Å². The van der Waals surface area contributed by atoms with Crippen LogP contribution in [0.3, 0.4) is 0 Å². The van der Waals surface area contributed by atoms with Crippen molar-refractivity contribution >= 4 is 22.5 Å². The Morgan fingerprint density at radius 3 is 2.94 bits per heavy atom. The van der Waals surface area contributed by atoms with Gasteiger partial charge in [0.1, 0.15) is 0 Å². The van der Waals surface area contributed by atoms with Crippen LogP contribution in [0.5, 0.6) is 0 Å². The van der Waals surface area contributed by atoms with Crippen molar-refractivity contribution < 1.29 is 0 Å². The normalized spacial score (nSPS) is 10.9. The third-order valence-electron chi connectivity index (χ3n) is 2.81. The van der Waals surface area contributed by atoms with Crippen molar-refractivity contribution in [3.63, 3.8) is 0 Å². The summed E-state index contributed by atoms with van der Waals surface area (Å²) in [6.07, 6.45) is 5.75. The van der Waals surface area contributed by atoms with Crippen molar-refractivity contribution in [2.45, 2.75) is 6.54 Å². The molecule has 0 N–H and O–H groups in total. The Morgan fingerprint density at radius 1 is 1.18 bits per heavy atom. The first kappa shape index (κ1) is 10.4. The number of aromatic nitrogens is 2. The number of halogens is 1. The van der Waals surface area contributed by atoms with E-state index in [-0.39, 0.29) is 0 Å². The molecule has 0 spiro atoms. The van der Waals surface area contributed by atoms with E-state index in [0.29, 0.717) is 0 Å². The molecule has 0 saturated heterocycles. The van der Waals surface area contributed by atoms with Gasteiger partial charge in [0.25, 0.3) is 0 Å². The zero-order valence-corrected chi connectivity index (χ0v) is 9.93. The quantitative estimate of drug-likeness (QED) is 0.669. The summed E-state index contributed by atoms with van der Waals surface area (Å²) in [5.41, 5.74) is 2.34. The zero-order valence-electron chi connectivity index (χ0n) is 9.18. The molecule has 0 unspecified atom stereocenters. The van der Waals surface area contributed by atoms with Crippen molar-refractivity contribution in [3.05, 3.63) is 65.6 Å². The summed E-state index contributed by atoms with van der Waals surface area (Å²) in [5, 5.41) is 1.97. The van der Waals surface area contributed by atoms with Gasteiger partial charge in [-0.2, -0.15) is 0 Å². The first-order valence-corrected chi connectivity index (χ1v) is 5.84. The lowest BCUT2D eigenvalue weighted by atomic mass is 10.2. The van der Waals surface area contributed by atoms with Crippen LogP contribution in [-0.4, -0.2) is 9.55 Å². The van der Waals surface area contributed by atoms with E-state index >= 15 is 0 Å². The highest BCUT2D eigenvalue weighted by molar-refractivity contribution is 6.31. The minimum Gasteiger partial charge on any atom is -0.343 e. The third-order valence-corrected chi connectivity index (χ3v) is 3.05. The van der Waals surface area contributed by atoms with Crippen molar-refractivity contribution in [1.82, 2.24) is 9.55 Å². The molecule has 0 aliphatic carbocycles. The lowest BCUT2D eigenvalue weighted by molar-refractivity contribution is 0.832. The van der Waals surface area contributed by atoms with E-state index in [4.69, 9.17) is 11.6 Å². The van der Waals surface area contributed by atoms with Crippen molar-refractivity contribution in [2.75, 3.05) is 0 Å². The highest BCUT2D eigenvalue weighted by Crippen LogP contribution is 2.21. The maximum Gasteiger partial charge on any atom is 0.0498 e. The van der Waals surface area contributed by atoms with Crippen LogP contribution in [-0.2, 0) is 6.54 Å². The number of pyridine rings is 1.